The second-order valence-corrected chi connectivity index (χ2v) is 11.0. The largest absolute Gasteiger partial charge is 0.361 e. The van der Waals surface area contributed by atoms with E-state index >= 15 is 4.39 Å². The van der Waals surface area contributed by atoms with Crippen molar-refractivity contribution in [2.24, 2.45) is 0 Å². The van der Waals surface area contributed by atoms with Crippen molar-refractivity contribution in [1.29, 1.82) is 5.26 Å². The smallest absolute Gasteiger partial charge is 0.257 e. The van der Waals surface area contributed by atoms with Crippen LogP contribution in [0.5, 0.6) is 0 Å². The Kier molecular flexibility index (Phi) is 8.75. The summed E-state index contributed by atoms with van der Waals surface area (Å²) in [5.74, 6) is -0.415. The van der Waals surface area contributed by atoms with E-state index in [2.05, 4.69) is 30.6 Å². The van der Waals surface area contributed by atoms with Gasteiger partial charge >= 0.3 is 0 Å². The molecule has 2 aliphatic heterocycles. The van der Waals surface area contributed by atoms with Crippen molar-refractivity contribution in [1.82, 2.24) is 15.1 Å². The molecule has 40 heavy (non-hydrogen) atoms. The van der Waals surface area contributed by atoms with Gasteiger partial charge in [-0.1, -0.05) is 25.1 Å². The Morgan fingerprint density at radius 1 is 1.18 bits per heavy atom. The van der Waals surface area contributed by atoms with Gasteiger partial charge < -0.3 is 15.1 Å². The average Bonchev–Trinajstić information content (AvgIpc) is 2.94. The molecule has 210 valence electrons. The molecule has 1 fully saturated rings. The van der Waals surface area contributed by atoms with Gasteiger partial charge in [0.05, 0.1) is 23.4 Å². The molecule has 1 atom stereocenters. The summed E-state index contributed by atoms with van der Waals surface area (Å²) in [7, 11) is 1.92. The summed E-state index contributed by atoms with van der Waals surface area (Å²) >= 11 is 0. The van der Waals surface area contributed by atoms with Gasteiger partial charge in [0.2, 0.25) is 0 Å². The number of benzene rings is 2. The van der Waals surface area contributed by atoms with E-state index in [1.807, 2.05) is 50.2 Å². The highest BCUT2D eigenvalue weighted by molar-refractivity contribution is 6.07. The van der Waals surface area contributed by atoms with Gasteiger partial charge in [-0.15, -0.1) is 0 Å². The third-order valence-electron chi connectivity index (χ3n) is 7.69. The molecule has 2 heterocycles. The first kappa shape index (κ1) is 29.0. The first-order chi connectivity index (χ1) is 19.0. The van der Waals surface area contributed by atoms with Crippen LogP contribution in [0.15, 0.2) is 60.3 Å². The van der Waals surface area contributed by atoms with E-state index in [1.54, 1.807) is 35.2 Å². The zero-order valence-electron chi connectivity index (χ0n) is 23.9. The second kappa shape index (κ2) is 12.1. The lowest BCUT2D eigenvalue weighted by Gasteiger charge is -2.37. The van der Waals surface area contributed by atoms with Gasteiger partial charge in [-0.05, 0) is 74.2 Å². The van der Waals surface area contributed by atoms with E-state index in [0.29, 0.717) is 40.4 Å². The van der Waals surface area contributed by atoms with Crippen LogP contribution in [0.25, 0.3) is 0 Å². The van der Waals surface area contributed by atoms with Gasteiger partial charge in [0.1, 0.15) is 5.67 Å². The van der Waals surface area contributed by atoms with Gasteiger partial charge in [-0.3, -0.25) is 14.9 Å². The molecule has 2 N–H and O–H groups in total. The average molecular weight is 544 g/mol. The van der Waals surface area contributed by atoms with Crippen LogP contribution in [0, 0.1) is 18.3 Å². The predicted molar refractivity (Wildman–Crippen MR) is 155 cm³/mol. The number of hydrogen-bond donors (Lipinski definition) is 2. The number of carbonyl (C=O) groups excluding carboxylic acids is 2. The number of carbonyl (C=O) groups is 2. The summed E-state index contributed by atoms with van der Waals surface area (Å²) in [6, 6.07) is 12.6. The fourth-order valence-corrected chi connectivity index (χ4v) is 5.29. The maximum Gasteiger partial charge on any atom is 0.257 e. The minimum absolute atomic E-state index is 0.0101. The molecule has 1 saturated heterocycles. The van der Waals surface area contributed by atoms with E-state index in [9.17, 15) is 9.59 Å². The fourth-order valence-electron chi connectivity index (χ4n) is 5.29. The highest BCUT2D eigenvalue weighted by Crippen LogP contribution is 2.38. The van der Waals surface area contributed by atoms with Crippen LogP contribution in [-0.2, 0) is 16.9 Å². The van der Waals surface area contributed by atoms with Crippen molar-refractivity contribution in [2.45, 2.75) is 64.8 Å². The summed E-state index contributed by atoms with van der Waals surface area (Å²) in [4.78, 5) is 30.4. The Labute approximate surface area is 236 Å². The Hall–Kier alpha value is -3.96. The van der Waals surface area contributed by atoms with Crippen LogP contribution in [0.2, 0.25) is 0 Å². The maximum atomic E-state index is 15.8. The number of rotatable bonds is 7. The van der Waals surface area contributed by atoms with Crippen LogP contribution in [0.3, 0.4) is 0 Å². The van der Waals surface area contributed by atoms with Gasteiger partial charge in [0.15, 0.2) is 0 Å². The van der Waals surface area contributed by atoms with Crippen LogP contribution >= 0.6 is 0 Å². The van der Waals surface area contributed by atoms with Crippen LogP contribution in [0.1, 0.15) is 66.2 Å². The highest BCUT2D eigenvalue weighted by atomic mass is 19.1. The molecule has 7 nitrogen and oxygen atoms in total. The number of halogens is 1. The molecule has 0 radical (unpaired) electrons. The molecule has 0 aromatic heterocycles. The van der Waals surface area contributed by atoms with E-state index < -0.39 is 5.67 Å². The maximum absolute atomic E-state index is 15.8. The number of alkyl halides is 1. The molecular weight excluding hydrogens is 505 g/mol. The van der Waals surface area contributed by atoms with Gasteiger partial charge in [0, 0.05) is 56.5 Å². The first-order valence-corrected chi connectivity index (χ1v) is 13.9. The monoisotopic (exact) mass is 543 g/mol. The number of amides is 2. The molecule has 1 unspecified atom stereocenters. The lowest BCUT2D eigenvalue weighted by Crippen LogP contribution is -2.44. The lowest BCUT2D eigenvalue weighted by atomic mass is 9.85. The summed E-state index contributed by atoms with van der Waals surface area (Å²) in [6.07, 6.45) is 6.65. The summed E-state index contributed by atoms with van der Waals surface area (Å²) in [5.41, 5.74) is 2.89. The van der Waals surface area contributed by atoms with E-state index in [4.69, 9.17) is 5.26 Å². The molecular formula is C32H38FN5O2. The summed E-state index contributed by atoms with van der Waals surface area (Å²) in [5, 5.41) is 15.5. The summed E-state index contributed by atoms with van der Waals surface area (Å²) < 4.78 is 15.8. The zero-order valence-corrected chi connectivity index (χ0v) is 23.9. The van der Waals surface area contributed by atoms with Crippen molar-refractivity contribution in [3.8, 4) is 6.07 Å². The van der Waals surface area contributed by atoms with Gasteiger partial charge in [0.25, 0.3) is 11.8 Å². The van der Waals surface area contributed by atoms with E-state index in [0.717, 1.165) is 11.1 Å². The number of hydrogen-bond acceptors (Lipinski definition) is 5. The topological polar surface area (TPSA) is 88.5 Å². The number of anilines is 1. The third kappa shape index (κ3) is 6.26. The highest BCUT2D eigenvalue weighted by Gasteiger charge is 2.38. The van der Waals surface area contributed by atoms with Crippen LogP contribution in [0.4, 0.5) is 10.1 Å². The molecule has 8 heteroatoms. The molecule has 2 aliphatic rings. The first-order valence-electron chi connectivity index (χ1n) is 13.9. The minimum atomic E-state index is -1.54. The van der Waals surface area contributed by atoms with Gasteiger partial charge in [-0.25, -0.2) is 4.39 Å². The molecule has 0 spiro atoms. The normalized spacial score (nSPS) is 18.4. The third-order valence-corrected chi connectivity index (χ3v) is 7.69. The van der Waals surface area contributed by atoms with Crippen molar-refractivity contribution in [3.05, 3.63) is 88.1 Å². The Bertz CT molecular complexity index is 1360. The molecule has 0 bridgehead atoms. The Morgan fingerprint density at radius 3 is 2.42 bits per heavy atom. The molecule has 4 rings (SSSR count). The second-order valence-electron chi connectivity index (χ2n) is 11.0. The van der Waals surface area contributed by atoms with E-state index in [-0.39, 0.29) is 43.9 Å². The number of nitrogens with one attached hydrogen (secondary N) is 2. The number of likely N-dealkylation sites (tertiary alicyclic amines) is 1. The molecule has 2 aromatic rings. The van der Waals surface area contributed by atoms with Crippen LogP contribution < -0.4 is 10.6 Å². The van der Waals surface area contributed by atoms with Crippen molar-refractivity contribution in [3.63, 3.8) is 0 Å². The number of likely N-dealkylation sites (N-methyl/N-ethyl adjacent to an activating group) is 1. The van der Waals surface area contributed by atoms with Gasteiger partial charge in [-0.2, -0.15) is 5.26 Å². The van der Waals surface area contributed by atoms with Crippen molar-refractivity contribution in [2.75, 3.05) is 25.5 Å². The fraction of sp³-hybridized carbons (Fsp3) is 0.406. The number of nitrogens with zero attached hydrogens (tertiary/aromatic N) is 3. The number of piperidine rings is 1. The Balaban J connectivity index is 1.48. The number of aryl methyl sites for hydroxylation is 2. The van der Waals surface area contributed by atoms with Crippen LogP contribution in [-0.4, -0.2) is 54.0 Å². The summed E-state index contributed by atoms with van der Waals surface area (Å²) in [6.45, 7) is 8.60. The Morgan fingerprint density at radius 2 is 1.85 bits per heavy atom. The molecule has 2 amide bonds. The molecule has 0 aliphatic carbocycles. The lowest BCUT2D eigenvalue weighted by molar-refractivity contribution is -0.112. The number of nitriles is 1. The van der Waals surface area contributed by atoms with Crippen molar-refractivity contribution >= 4 is 17.5 Å². The predicted octanol–water partition coefficient (Wildman–Crippen LogP) is 5.18. The minimum Gasteiger partial charge on any atom is -0.361 e. The standard InChI is InChI=1S/C32H38FN5O2/c1-6-24-17-22(4)27(18-28(24)36-30(39)25-9-12-29(35-21(2)3)37(5)20-25)31(40)38-15-13-32(33,14-16-38)26-10-7-23(19-34)8-11-26/h7-12,17-18,20-21,29,35H,6,13-16H2,1-5H3,(H,36,39). The zero-order chi connectivity index (χ0) is 29.0. The SMILES string of the molecule is CCc1cc(C)c(C(=O)N2CCC(F)(c3ccc(C#N)cc3)CC2)cc1NC(=O)C1=CN(C)C(NC(C)C)C=C1. The van der Waals surface area contributed by atoms with E-state index in [1.165, 1.54) is 0 Å². The molecule has 0 saturated carbocycles. The van der Waals surface area contributed by atoms with Crippen molar-refractivity contribution < 1.29 is 14.0 Å². The molecule has 2 aromatic carbocycles. The quantitative estimate of drug-likeness (QED) is 0.503.